The van der Waals surface area contributed by atoms with Crippen molar-refractivity contribution in [2.24, 2.45) is 5.73 Å². The second-order valence-electron chi connectivity index (χ2n) is 5.11. The standard InChI is InChI=1S/C13H21ClN2/c1-13(2,15)7-8-16(3)10-11-5-4-6-12(14)9-11/h4-6,9H,7-8,10,15H2,1-3H3. The maximum Gasteiger partial charge on any atom is 0.0409 e. The minimum atomic E-state index is -0.0946. The van der Waals surface area contributed by atoms with Gasteiger partial charge < -0.3 is 10.6 Å². The molecule has 2 nitrogen and oxygen atoms in total. The fraction of sp³-hybridized carbons (Fsp3) is 0.538. The van der Waals surface area contributed by atoms with Gasteiger partial charge in [-0.3, -0.25) is 0 Å². The molecule has 2 N–H and O–H groups in total. The van der Waals surface area contributed by atoms with Crippen molar-refractivity contribution >= 4 is 11.6 Å². The first-order valence-corrected chi connectivity index (χ1v) is 5.96. The van der Waals surface area contributed by atoms with Crippen molar-refractivity contribution in [1.82, 2.24) is 4.90 Å². The van der Waals surface area contributed by atoms with Crippen LogP contribution in [0.25, 0.3) is 0 Å². The van der Waals surface area contributed by atoms with Gasteiger partial charge in [0, 0.05) is 17.1 Å². The summed E-state index contributed by atoms with van der Waals surface area (Å²) in [4.78, 5) is 2.26. The Kier molecular flexibility index (Phi) is 4.78. The Labute approximate surface area is 103 Å². The Morgan fingerprint density at radius 2 is 2.06 bits per heavy atom. The quantitative estimate of drug-likeness (QED) is 0.858. The Balaban J connectivity index is 2.43. The van der Waals surface area contributed by atoms with Gasteiger partial charge >= 0.3 is 0 Å². The van der Waals surface area contributed by atoms with Crippen LogP contribution in [0.5, 0.6) is 0 Å². The summed E-state index contributed by atoms with van der Waals surface area (Å²) in [6.45, 7) is 6.02. The molecule has 1 aromatic rings. The minimum Gasteiger partial charge on any atom is -0.326 e. The molecule has 0 fully saturated rings. The van der Waals surface area contributed by atoms with Crippen LogP contribution >= 0.6 is 11.6 Å². The molecule has 0 bridgehead atoms. The predicted octanol–water partition coefficient (Wildman–Crippen LogP) is 2.90. The molecule has 0 heterocycles. The van der Waals surface area contributed by atoms with Gasteiger partial charge in [0.15, 0.2) is 0 Å². The van der Waals surface area contributed by atoms with E-state index < -0.39 is 0 Å². The van der Waals surface area contributed by atoms with E-state index in [9.17, 15) is 0 Å². The van der Waals surface area contributed by atoms with Crippen LogP contribution in [0.2, 0.25) is 5.02 Å². The molecular weight excluding hydrogens is 220 g/mol. The largest absolute Gasteiger partial charge is 0.326 e. The van der Waals surface area contributed by atoms with Crippen LogP contribution < -0.4 is 5.73 Å². The number of rotatable bonds is 5. The smallest absolute Gasteiger partial charge is 0.0409 e. The van der Waals surface area contributed by atoms with Crippen molar-refractivity contribution in [2.45, 2.75) is 32.4 Å². The van der Waals surface area contributed by atoms with E-state index >= 15 is 0 Å². The van der Waals surface area contributed by atoms with Crippen molar-refractivity contribution in [3.63, 3.8) is 0 Å². The first-order valence-electron chi connectivity index (χ1n) is 5.59. The molecule has 0 amide bonds. The molecule has 1 rings (SSSR count). The first kappa shape index (κ1) is 13.5. The van der Waals surface area contributed by atoms with Crippen LogP contribution in [-0.4, -0.2) is 24.0 Å². The third kappa shape index (κ3) is 5.50. The summed E-state index contributed by atoms with van der Waals surface area (Å²) in [5, 5.41) is 0.796. The van der Waals surface area contributed by atoms with Gasteiger partial charge in [0.2, 0.25) is 0 Å². The lowest BCUT2D eigenvalue weighted by molar-refractivity contribution is 0.289. The second kappa shape index (κ2) is 5.67. The molecule has 0 spiro atoms. The SMILES string of the molecule is CN(CCC(C)(C)N)Cc1cccc(Cl)c1. The summed E-state index contributed by atoms with van der Waals surface area (Å²) in [5.74, 6) is 0. The molecule has 90 valence electrons. The van der Waals surface area contributed by atoms with E-state index in [1.54, 1.807) is 0 Å². The average Bonchev–Trinajstić information content (AvgIpc) is 2.14. The van der Waals surface area contributed by atoms with Crippen molar-refractivity contribution in [3.8, 4) is 0 Å². The fourth-order valence-corrected chi connectivity index (χ4v) is 1.72. The normalized spacial score (nSPS) is 12.1. The Bertz CT molecular complexity index is 331. The fourth-order valence-electron chi connectivity index (χ4n) is 1.51. The van der Waals surface area contributed by atoms with Gasteiger partial charge in [-0.15, -0.1) is 0 Å². The Morgan fingerprint density at radius 1 is 1.38 bits per heavy atom. The zero-order valence-corrected chi connectivity index (χ0v) is 11.1. The summed E-state index contributed by atoms with van der Waals surface area (Å²) in [7, 11) is 2.10. The molecule has 0 aromatic heterocycles. The van der Waals surface area contributed by atoms with Gasteiger partial charge in [-0.1, -0.05) is 23.7 Å². The van der Waals surface area contributed by atoms with E-state index in [2.05, 4.69) is 31.9 Å². The number of hydrogen-bond donors (Lipinski definition) is 1. The molecule has 16 heavy (non-hydrogen) atoms. The Morgan fingerprint density at radius 3 is 2.62 bits per heavy atom. The highest BCUT2D eigenvalue weighted by Crippen LogP contribution is 2.13. The van der Waals surface area contributed by atoms with Crippen LogP contribution in [0.3, 0.4) is 0 Å². The lowest BCUT2D eigenvalue weighted by Crippen LogP contribution is -2.36. The van der Waals surface area contributed by atoms with Gasteiger partial charge in [0.1, 0.15) is 0 Å². The zero-order valence-electron chi connectivity index (χ0n) is 10.3. The summed E-state index contributed by atoms with van der Waals surface area (Å²) < 4.78 is 0. The van der Waals surface area contributed by atoms with Crippen LogP contribution in [0.1, 0.15) is 25.8 Å². The van der Waals surface area contributed by atoms with Gasteiger partial charge in [-0.25, -0.2) is 0 Å². The first-order chi connectivity index (χ1) is 7.37. The molecule has 0 saturated carbocycles. The van der Waals surface area contributed by atoms with E-state index in [-0.39, 0.29) is 5.54 Å². The molecule has 0 aliphatic heterocycles. The van der Waals surface area contributed by atoms with Gasteiger partial charge in [0.25, 0.3) is 0 Å². The lowest BCUT2D eigenvalue weighted by atomic mass is 10.0. The molecule has 3 heteroatoms. The molecule has 0 atom stereocenters. The van der Waals surface area contributed by atoms with E-state index in [0.717, 1.165) is 24.5 Å². The maximum absolute atomic E-state index is 5.95. The minimum absolute atomic E-state index is 0.0946. The summed E-state index contributed by atoms with van der Waals surface area (Å²) in [6, 6.07) is 7.98. The van der Waals surface area contributed by atoms with E-state index in [1.165, 1.54) is 5.56 Å². The van der Waals surface area contributed by atoms with E-state index in [1.807, 2.05) is 18.2 Å². The Hall–Kier alpha value is -0.570. The summed E-state index contributed by atoms with van der Waals surface area (Å²) in [5.41, 5.74) is 7.10. The molecule has 0 saturated heterocycles. The second-order valence-corrected chi connectivity index (χ2v) is 5.54. The topological polar surface area (TPSA) is 29.3 Å². The number of nitrogens with zero attached hydrogens (tertiary/aromatic N) is 1. The molecule has 1 aromatic carbocycles. The van der Waals surface area contributed by atoms with Crippen molar-refractivity contribution < 1.29 is 0 Å². The average molecular weight is 241 g/mol. The monoisotopic (exact) mass is 240 g/mol. The number of halogens is 1. The maximum atomic E-state index is 5.95. The molecular formula is C13H21ClN2. The van der Waals surface area contributed by atoms with Gasteiger partial charge in [-0.05, 0) is 51.6 Å². The van der Waals surface area contributed by atoms with Crippen molar-refractivity contribution in [3.05, 3.63) is 34.9 Å². The van der Waals surface area contributed by atoms with Crippen LogP contribution in [0, 0.1) is 0 Å². The highest BCUT2D eigenvalue weighted by molar-refractivity contribution is 6.30. The summed E-state index contributed by atoms with van der Waals surface area (Å²) in [6.07, 6.45) is 0.990. The number of hydrogen-bond acceptors (Lipinski definition) is 2. The number of nitrogens with two attached hydrogens (primary N) is 1. The van der Waals surface area contributed by atoms with Crippen LogP contribution in [-0.2, 0) is 6.54 Å². The molecule has 0 aliphatic carbocycles. The predicted molar refractivity (Wildman–Crippen MR) is 70.7 cm³/mol. The van der Waals surface area contributed by atoms with Gasteiger partial charge in [-0.2, -0.15) is 0 Å². The molecule has 0 radical (unpaired) electrons. The van der Waals surface area contributed by atoms with E-state index in [4.69, 9.17) is 17.3 Å². The van der Waals surface area contributed by atoms with Crippen LogP contribution in [0.15, 0.2) is 24.3 Å². The lowest BCUT2D eigenvalue weighted by Gasteiger charge is -2.23. The summed E-state index contributed by atoms with van der Waals surface area (Å²) >= 11 is 5.94. The van der Waals surface area contributed by atoms with Crippen molar-refractivity contribution in [2.75, 3.05) is 13.6 Å². The number of benzene rings is 1. The molecule has 0 aliphatic rings. The van der Waals surface area contributed by atoms with Gasteiger partial charge in [0.05, 0.1) is 0 Å². The highest BCUT2D eigenvalue weighted by Gasteiger charge is 2.11. The van der Waals surface area contributed by atoms with Crippen LogP contribution in [0.4, 0.5) is 0 Å². The zero-order chi connectivity index (χ0) is 12.2. The third-order valence-electron chi connectivity index (χ3n) is 2.48. The van der Waals surface area contributed by atoms with E-state index in [0.29, 0.717) is 0 Å². The van der Waals surface area contributed by atoms with Crippen molar-refractivity contribution in [1.29, 1.82) is 0 Å². The molecule has 0 unspecified atom stereocenters. The third-order valence-corrected chi connectivity index (χ3v) is 2.71. The highest BCUT2D eigenvalue weighted by atomic mass is 35.5.